The van der Waals surface area contributed by atoms with Crippen LogP contribution in [0.15, 0.2) is 12.3 Å². The van der Waals surface area contributed by atoms with Gasteiger partial charge in [0.15, 0.2) is 5.60 Å². The summed E-state index contributed by atoms with van der Waals surface area (Å²) in [4.78, 5) is 36.0. The van der Waals surface area contributed by atoms with E-state index in [1.807, 2.05) is 0 Å². The highest BCUT2D eigenvalue weighted by Crippen LogP contribution is 2.28. The second-order valence-electron chi connectivity index (χ2n) is 7.05. The van der Waals surface area contributed by atoms with Crippen LogP contribution in [0.5, 0.6) is 0 Å². The topological polar surface area (TPSA) is 94.2 Å². The molecule has 1 saturated carbocycles. The molecule has 0 bridgehead atoms. The second-order valence-corrected chi connectivity index (χ2v) is 7.05. The molecule has 0 aromatic rings. The van der Waals surface area contributed by atoms with Crippen LogP contribution in [0.25, 0.3) is 0 Å². The Bertz CT molecular complexity index is 544. The molecule has 26 heavy (non-hydrogen) atoms. The number of hydrogen-bond donors (Lipinski definition) is 1. The standard InChI is InChI=1S/C18H28N2O6/c1-18(2,26-13-5-4-6-13)17(23)24-11-14-7-8-16(25-14)20(12-21)10-9-15(22)19-3/h9-10,12-14,16H,4-8,11H2,1-3H3,(H,19,22)/b10-9-. The number of likely N-dealkylation sites (N-methyl/N-ethyl adjacent to an activating group) is 1. The van der Waals surface area contributed by atoms with Gasteiger partial charge in [0.2, 0.25) is 12.3 Å². The van der Waals surface area contributed by atoms with Gasteiger partial charge in [-0.05, 0) is 46.0 Å². The number of esters is 1. The maximum atomic E-state index is 12.3. The molecular formula is C18H28N2O6. The zero-order chi connectivity index (χ0) is 19.2. The van der Waals surface area contributed by atoms with Crippen LogP contribution in [0.3, 0.4) is 0 Å². The van der Waals surface area contributed by atoms with Gasteiger partial charge in [0.05, 0.1) is 12.2 Å². The molecule has 0 aromatic heterocycles. The van der Waals surface area contributed by atoms with Crippen LogP contribution in [0.1, 0.15) is 46.0 Å². The third-order valence-corrected chi connectivity index (χ3v) is 4.59. The number of rotatable bonds is 9. The van der Waals surface area contributed by atoms with Gasteiger partial charge >= 0.3 is 5.97 Å². The number of nitrogens with one attached hydrogen (secondary N) is 1. The molecule has 0 aromatic carbocycles. The van der Waals surface area contributed by atoms with Crippen molar-refractivity contribution < 1.29 is 28.6 Å². The van der Waals surface area contributed by atoms with Crippen LogP contribution in [-0.4, -0.2) is 60.9 Å². The minimum Gasteiger partial charge on any atom is -0.461 e. The Labute approximate surface area is 153 Å². The van der Waals surface area contributed by atoms with Crippen LogP contribution >= 0.6 is 0 Å². The molecule has 2 aliphatic rings. The Hall–Kier alpha value is -1.93. The van der Waals surface area contributed by atoms with E-state index in [-0.39, 0.29) is 24.7 Å². The van der Waals surface area contributed by atoms with Gasteiger partial charge in [-0.15, -0.1) is 0 Å². The number of carbonyl (C=O) groups excluding carboxylic acids is 3. The average molecular weight is 368 g/mol. The summed E-state index contributed by atoms with van der Waals surface area (Å²) in [5.74, 6) is -0.725. The summed E-state index contributed by atoms with van der Waals surface area (Å²) in [5.41, 5.74) is -0.978. The molecular weight excluding hydrogens is 340 g/mol. The first-order chi connectivity index (χ1) is 12.4. The first-order valence-electron chi connectivity index (χ1n) is 8.99. The Morgan fingerprint density at radius 3 is 2.58 bits per heavy atom. The number of nitrogens with zero attached hydrogens (tertiary/aromatic N) is 1. The van der Waals surface area contributed by atoms with Crippen LogP contribution in [0, 0.1) is 0 Å². The van der Waals surface area contributed by atoms with Crippen molar-refractivity contribution >= 4 is 18.3 Å². The molecule has 1 N–H and O–H groups in total. The maximum Gasteiger partial charge on any atom is 0.337 e. The molecule has 0 radical (unpaired) electrons. The maximum absolute atomic E-state index is 12.3. The van der Waals surface area contributed by atoms with Crippen molar-refractivity contribution in [1.82, 2.24) is 10.2 Å². The van der Waals surface area contributed by atoms with E-state index in [9.17, 15) is 14.4 Å². The van der Waals surface area contributed by atoms with Crippen molar-refractivity contribution in [2.75, 3.05) is 13.7 Å². The van der Waals surface area contributed by atoms with Crippen LogP contribution in [0.2, 0.25) is 0 Å². The molecule has 8 heteroatoms. The fourth-order valence-electron chi connectivity index (χ4n) is 2.76. The Kier molecular flexibility index (Phi) is 7.16. The van der Waals surface area contributed by atoms with E-state index in [2.05, 4.69) is 5.32 Å². The van der Waals surface area contributed by atoms with Crippen LogP contribution in [-0.2, 0) is 28.6 Å². The van der Waals surface area contributed by atoms with Crippen molar-refractivity contribution in [2.24, 2.45) is 0 Å². The molecule has 2 amide bonds. The Balaban J connectivity index is 1.77. The lowest BCUT2D eigenvalue weighted by atomic mass is 9.95. The first-order valence-corrected chi connectivity index (χ1v) is 8.99. The third-order valence-electron chi connectivity index (χ3n) is 4.59. The minimum absolute atomic E-state index is 0.110. The number of ether oxygens (including phenoxy) is 3. The van der Waals surface area contributed by atoms with E-state index in [1.54, 1.807) is 13.8 Å². The lowest BCUT2D eigenvalue weighted by Gasteiger charge is -2.33. The molecule has 1 saturated heterocycles. The zero-order valence-electron chi connectivity index (χ0n) is 15.6. The fraction of sp³-hybridized carbons (Fsp3) is 0.722. The molecule has 2 rings (SSSR count). The van der Waals surface area contributed by atoms with Crippen molar-refractivity contribution in [3.63, 3.8) is 0 Å². The third kappa shape index (κ3) is 5.54. The highest BCUT2D eigenvalue weighted by molar-refractivity contribution is 5.87. The molecule has 2 atom stereocenters. The van der Waals surface area contributed by atoms with Gasteiger partial charge in [-0.2, -0.15) is 0 Å². The van der Waals surface area contributed by atoms with E-state index in [0.29, 0.717) is 19.3 Å². The predicted octanol–water partition coefficient (Wildman–Crippen LogP) is 1.10. The summed E-state index contributed by atoms with van der Waals surface area (Å²) in [5, 5.41) is 2.43. The monoisotopic (exact) mass is 368 g/mol. The summed E-state index contributed by atoms with van der Waals surface area (Å²) in [6, 6.07) is 0. The van der Waals surface area contributed by atoms with E-state index >= 15 is 0 Å². The van der Waals surface area contributed by atoms with Crippen LogP contribution in [0.4, 0.5) is 0 Å². The molecule has 0 spiro atoms. The SMILES string of the molecule is CNC(=O)/C=C\N(C=O)C1CCC(COC(=O)C(C)(C)OC2CCC2)O1. The minimum atomic E-state index is -0.978. The Morgan fingerprint density at radius 1 is 1.27 bits per heavy atom. The molecule has 1 heterocycles. The summed E-state index contributed by atoms with van der Waals surface area (Å²) in [7, 11) is 1.50. The number of carbonyl (C=O) groups is 3. The normalized spacial score (nSPS) is 23.5. The van der Waals surface area contributed by atoms with Gasteiger partial charge in [0.25, 0.3) is 0 Å². The van der Waals surface area contributed by atoms with Gasteiger partial charge in [-0.25, -0.2) is 4.79 Å². The highest BCUT2D eigenvalue weighted by atomic mass is 16.6. The molecule has 8 nitrogen and oxygen atoms in total. The predicted molar refractivity (Wildman–Crippen MR) is 92.8 cm³/mol. The first kappa shape index (κ1) is 20.4. The van der Waals surface area contributed by atoms with E-state index in [0.717, 1.165) is 19.3 Å². The molecule has 1 aliphatic heterocycles. The zero-order valence-corrected chi connectivity index (χ0v) is 15.6. The molecule has 2 fully saturated rings. The van der Waals surface area contributed by atoms with Crippen molar-refractivity contribution in [1.29, 1.82) is 0 Å². The van der Waals surface area contributed by atoms with Crippen molar-refractivity contribution in [2.45, 2.75) is 70.0 Å². The van der Waals surface area contributed by atoms with Crippen molar-refractivity contribution in [3.8, 4) is 0 Å². The quantitative estimate of drug-likeness (QED) is 0.372. The van der Waals surface area contributed by atoms with Gasteiger partial charge in [0.1, 0.15) is 12.8 Å². The molecule has 146 valence electrons. The van der Waals surface area contributed by atoms with Gasteiger partial charge < -0.3 is 19.5 Å². The van der Waals surface area contributed by atoms with Crippen LogP contribution < -0.4 is 5.32 Å². The number of amides is 2. The molecule has 1 aliphatic carbocycles. The highest BCUT2D eigenvalue weighted by Gasteiger charge is 2.37. The number of hydrogen-bond acceptors (Lipinski definition) is 6. The summed E-state index contributed by atoms with van der Waals surface area (Å²) >= 11 is 0. The molecule has 2 unspecified atom stereocenters. The Morgan fingerprint density at radius 2 is 2.00 bits per heavy atom. The van der Waals surface area contributed by atoms with Crippen molar-refractivity contribution in [3.05, 3.63) is 12.3 Å². The lowest BCUT2D eigenvalue weighted by Crippen LogP contribution is -2.43. The average Bonchev–Trinajstić information content (AvgIpc) is 3.05. The summed E-state index contributed by atoms with van der Waals surface area (Å²) < 4.78 is 16.9. The smallest absolute Gasteiger partial charge is 0.337 e. The second kappa shape index (κ2) is 9.14. The van der Waals surface area contributed by atoms with E-state index < -0.39 is 17.8 Å². The van der Waals surface area contributed by atoms with Gasteiger partial charge in [-0.3, -0.25) is 14.5 Å². The summed E-state index contributed by atoms with van der Waals surface area (Å²) in [6.45, 7) is 3.53. The van der Waals surface area contributed by atoms with E-state index in [1.165, 1.54) is 24.2 Å². The fourth-order valence-corrected chi connectivity index (χ4v) is 2.76. The van der Waals surface area contributed by atoms with Gasteiger partial charge in [-0.1, -0.05) is 0 Å². The summed E-state index contributed by atoms with van der Waals surface area (Å²) in [6.07, 6.45) is 6.95. The van der Waals surface area contributed by atoms with E-state index in [4.69, 9.17) is 14.2 Å². The lowest BCUT2D eigenvalue weighted by molar-refractivity contribution is -0.183. The van der Waals surface area contributed by atoms with Gasteiger partial charge in [0, 0.05) is 19.3 Å². The largest absolute Gasteiger partial charge is 0.461 e.